The van der Waals surface area contributed by atoms with Crippen LogP contribution >= 0.6 is 0 Å². The first-order chi connectivity index (χ1) is 8.49. The first kappa shape index (κ1) is 12.2. The van der Waals surface area contributed by atoms with Crippen LogP contribution in [0.25, 0.3) is 0 Å². The number of aromatic nitrogens is 4. The third-order valence-electron chi connectivity index (χ3n) is 2.78. The molecule has 2 heterocycles. The lowest BCUT2D eigenvalue weighted by molar-refractivity contribution is 0.0951. The van der Waals surface area contributed by atoms with Gasteiger partial charge in [0.05, 0.1) is 11.9 Å². The van der Waals surface area contributed by atoms with Crippen molar-refractivity contribution in [1.82, 2.24) is 24.9 Å². The summed E-state index contributed by atoms with van der Waals surface area (Å²) < 4.78 is 3.18. The molecule has 96 valence electrons. The Hall–Kier alpha value is -2.31. The zero-order valence-electron chi connectivity index (χ0n) is 10.6. The Morgan fingerprint density at radius 1 is 1.50 bits per heavy atom. The average Bonchev–Trinajstić information content (AvgIpc) is 2.80. The number of nitrogens with two attached hydrogens (primary N) is 1. The number of anilines is 1. The van der Waals surface area contributed by atoms with Gasteiger partial charge in [0.2, 0.25) is 0 Å². The van der Waals surface area contributed by atoms with Crippen molar-refractivity contribution in [2.75, 3.05) is 5.73 Å². The van der Waals surface area contributed by atoms with E-state index in [1.165, 1.54) is 10.9 Å². The van der Waals surface area contributed by atoms with Crippen molar-refractivity contribution in [3.05, 3.63) is 29.2 Å². The Kier molecular flexibility index (Phi) is 3.05. The molecule has 0 aliphatic rings. The number of nitrogen functional groups attached to an aromatic ring is 1. The molecular weight excluding hydrogens is 232 g/mol. The molecule has 3 N–H and O–H groups in total. The molecule has 2 aromatic heterocycles. The Bertz CT molecular complexity index is 582. The number of rotatable bonds is 3. The van der Waals surface area contributed by atoms with Crippen LogP contribution in [0.5, 0.6) is 0 Å². The number of nitrogens with zero attached hydrogens (tertiary/aromatic N) is 4. The van der Waals surface area contributed by atoms with Crippen molar-refractivity contribution in [3.63, 3.8) is 0 Å². The standard InChI is InChI=1S/C11H16N6O/c1-7-8(6-16(2)15-7)4-13-11(18)9-5-14-17(3)10(9)12/h5-6H,4,12H2,1-3H3,(H,13,18). The van der Waals surface area contributed by atoms with E-state index in [1.807, 2.05) is 20.2 Å². The quantitative estimate of drug-likeness (QED) is 0.798. The van der Waals surface area contributed by atoms with Crippen LogP contribution in [0.3, 0.4) is 0 Å². The van der Waals surface area contributed by atoms with Gasteiger partial charge in [-0.3, -0.25) is 14.2 Å². The maximum absolute atomic E-state index is 11.9. The number of carbonyl (C=O) groups is 1. The third-order valence-corrected chi connectivity index (χ3v) is 2.78. The van der Waals surface area contributed by atoms with E-state index < -0.39 is 0 Å². The van der Waals surface area contributed by atoms with Crippen molar-refractivity contribution >= 4 is 11.7 Å². The Balaban J connectivity index is 2.05. The number of hydrogen-bond donors (Lipinski definition) is 2. The second kappa shape index (κ2) is 4.52. The first-order valence-electron chi connectivity index (χ1n) is 5.54. The topological polar surface area (TPSA) is 90.8 Å². The molecule has 2 rings (SSSR count). The largest absolute Gasteiger partial charge is 0.383 e. The second-order valence-corrected chi connectivity index (χ2v) is 4.16. The van der Waals surface area contributed by atoms with E-state index in [0.29, 0.717) is 17.9 Å². The third kappa shape index (κ3) is 2.20. The van der Waals surface area contributed by atoms with Crippen LogP contribution in [0, 0.1) is 6.92 Å². The molecule has 7 nitrogen and oxygen atoms in total. The molecule has 2 aromatic rings. The second-order valence-electron chi connectivity index (χ2n) is 4.16. The fraction of sp³-hybridized carbons (Fsp3) is 0.364. The van der Waals surface area contributed by atoms with E-state index in [1.54, 1.807) is 11.7 Å². The first-order valence-corrected chi connectivity index (χ1v) is 5.54. The van der Waals surface area contributed by atoms with E-state index in [0.717, 1.165) is 11.3 Å². The van der Waals surface area contributed by atoms with Gasteiger partial charge in [0.15, 0.2) is 0 Å². The number of carbonyl (C=O) groups excluding carboxylic acids is 1. The van der Waals surface area contributed by atoms with E-state index >= 15 is 0 Å². The van der Waals surface area contributed by atoms with Crippen LogP contribution < -0.4 is 11.1 Å². The van der Waals surface area contributed by atoms with Crippen LogP contribution in [0.2, 0.25) is 0 Å². The molecule has 18 heavy (non-hydrogen) atoms. The van der Waals surface area contributed by atoms with Crippen LogP contribution in [0.1, 0.15) is 21.6 Å². The molecular formula is C11H16N6O. The van der Waals surface area contributed by atoms with E-state index in [9.17, 15) is 4.79 Å². The lowest BCUT2D eigenvalue weighted by Gasteiger charge is -2.03. The van der Waals surface area contributed by atoms with E-state index in [2.05, 4.69) is 15.5 Å². The highest BCUT2D eigenvalue weighted by molar-refractivity contribution is 5.98. The van der Waals surface area contributed by atoms with Crippen molar-refractivity contribution in [2.24, 2.45) is 14.1 Å². The Morgan fingerprint density at radius 2 is 2.22 bits per heavy atom. The molecule has 1 amide bonds. The molecule has 0 bridgehead atoms. The fourth-order valence-corrected chi connectivity index (χ4v) is 1.71. The number of hydrogen-bond acceptors (Lipinski definition) is 4. The van der Waals surface area contributed by atoms with Gasteiger partial charge in [-0.05, 0) is 6.92 Å². The molecule has 0 saturated heterocycles. The van der Waals surface area contributed by atoms with Gasteiger partial charge in [-0.2, -0.15) is 10.2 Å². The van der Waals surface area contributed by atoms with Gasteiger partial charge in [0, 0.05) is 32.4 Å². The highest BCUT2D eigenvalue weighted by Crippen LogP contribution is 2.10. The SMILES string of the molecule is Cc1nn(C)cc1CNC(=O)c1cnn(C)c1N. The van der Waals surface area contributed by atoms with Crippen LogP contribution in [-0.4, -0.2) is 25.5 Å². The van der Waals surface area contributed by atoms with Crippen LogP contribution in [0.15, 0.2) is 12.4 Å². The highest BCUT2D eigenvalue weighted by atomic mass is 16.1. The van der Waals surface area contributed by atoms with Gasteiger partial charge in [-0.15, -0.1) is 0 Å². The summed E-state index contributed by atoms with van der Waals surface area (Å²) >= 11 is 0. The Morgan fingerprint density at radius 3 is 2.72 bits per heavy atom. The monoisotopic (exact) mass is 248 g/mol. The average molecular weight is 248 g/mol. The minimum Gasteiger partial charge on any atom is -0.383 e. The lowest BCUT2D eigenvalue weighted by Crippen LogP contribution is -2.23. The van der Waals surface area contributed by atoms with Crippen molar-refractivity contribution in [2.45, 2.75) is 13.5 Å². The van der Waals surface area contributed by atoms with Gasteiger partial charge < -0.3 is 11.1 Å². The summed E-state index contributed by atoms with van der Waals surface area (Å²) in [5.74, 6) is 0.124. The van der Waals surface area contributed by atoms with Gasteiger partial charge in [-0.25, -0.2) is 0 Å². The minimum absolute atomic E-state index is 0.233. The zero-order valence-corrected chi connectivity index (χ0v) is 10.6. The molecule has 0 saturated carbocycles. The molecule has 0 aromatic carbocycles. The molecule has 0 atom stereocenters. The predicted octanol–water partition coefficient (Wildman–Crippen LogP) is -0.0258. The van der Waals surface area contributed by atoms with Crippen molar-refractivity contribution in [3.8, 4) is 0 Å². The van der Waals surface area contributed by atoms with Gasteiger partial charge >= 0.3 is 0 Å². The summed E-state index contributed by atoms with van der Waals surface area (Å²) in [5, 5.41) is 10.9. The van der Waals surface area contributed by atoms with Crippen LogP contribution in [0.4, 0.5) is 5.82 Å². The summed E-state index contributed by atoms with van der Waals surface area (Å²) in [7, 11) is 3.54. The summed E-state index contributed by atoms with van der Waals surface area (Å²) in [6.45, 7) is 2.33. The molecule has 0 fully saturated rings. The fourth-order valence-electron chi connectivity index (χ4n) is 1.71. The van der Waals surface area contributed by atoms with Crippen LogP contribution in [-0.2, 0) is 20.6 Å². The van der Waals surface area contributed by atoms with E-state index in [4.69, 9.17) is 5.73 Å². The minimum atomic E-state index is -0.233. The van der Waals surface area contributed by atoms with Gasteiger partial charge in [0.25, 0.3) is 5.91 Å². The highest BCUT2D eigenvalue weighted by Gasteiger charge is 2.14. The molecule has 0 spiro atoms. The summed E-state index contributed by atoms with van der Waals surface area (Å²) in [5.41, 5.74) is 8.00. The molecule has 0 aliphatic heterocycles. The summed E-state index contributed by atoms with van der Waals surface area (Å²) in [6, 6.07) is 0. The van der Waals surface area contributed by atoms with E-state index in [-0.39, 0.29) is 5.91 Å². The number of amides is 1. The maximum Gasteiger partial charge on any atom is 0.256 e. The number of aryl methyl sites for hydroxylation is 3. The zero-order chi connectivity index (χ0) is 13.3. The summed E-state index contributed by atoms with van der Waals surface area (Å²) in [4.78, 5) is 11.9. The maximum atomic E-state index is 11.9. The van der Waals surface area contributed by atoms with Crippen molar-refractivity contribution < 1.29 is 4.79 Å². The Labute approximate surface area is 105 Å². The van der Waals surface area contributed by atoms with Gasteiger partial charge in [0.1, 0.15) is 11.4 Å². The molecule has 7 heteroatoms. The molecule has 0 unspecified atom stereocenters. The summed E-state index contributed by atoms with van der Waals surface area (Å²) in [6.07, 6.45) is 3.34. The smallest absolute Gasteiger partial charge is 0.256 e. The number of nitrogens with one attached hydrogen (secondary N) is 1. The van der Waals surface area contributed by atoms with Gasteiger partial charge in [-0.1, -0.05) is 0 Å². The van der Waals surface area contributed by atoms with Crippen molar-refractivity contribution in [1.29, 1.82) is 0 Å². The molecule has 0 radical (unpaired) electrons. The lowest BCUT2D eigenvalue weighted by atomic mass is 10.2. The molecule has 0 aliphatic carbocycles. The predicted molar refractivity (Wildman–Crippen MR) is 66.7 cm³/mol. The normalized spacial score (nSPS) is 10.6.